The Morgan fingerprint density at radius 2 is 1.85 bits per heavy atom. The van der Waals surface area contributed by atoms with E-state index in [-0.39, 0.29) is 17.5 Å². The Hall–Kier alpha value is -3.06. The van der Waals surface area contributed by atoms with Gasteiger partial charge < -0.3 is 14.9 Å². The monoisotopic (exact) mass is 352 g/mol. The molecule has 7 nitrogen and oxygen atoms in total. The predicted octanol–water partition coefficient (Wildman–Crippen LogP) is 3.32. The van der Waals surface area contributed by atoms with Crippen molar-refractivity contribution in [2.24, 2.45) is 5.92 Å². The highest BCUT2D eigenvalue weighted by molar-refractivity contribution is 5.87. The molecule has 0 radical (unpaired) electrons. The van der Waals surface area contributed by atoms with Gasteiger partial charge in [-0.05, 0) is 35.7 Å². The highest BCUT2D eigenvalue weighted by Crippen LogP contribution is 2.23. The van der Waals surface area contributed by atoms with E-state index in [1.807, 2.05) is 12.1 Å². The molecule has 2 heterocycles. The van der Waals surface area contributed by atoms with Crippen LogP contribution in [-0.4, -0.2) is 26.2 Å². The van der Waals surface area contributed by atoms with Crippen molar-refractivity contribution in [3.8, 4) is 11.4 Å². The zero-order chi connectivity index (χ0) is 18.5. The second-order valence-electron chi connectivity index (χ2n) is 6.30. The molecule has 1 atom stereocenters. The maximum Gasteiger partial charge on any atom is 0.335 e. The normalized spacial score (nSPS) is 12.3. The predicted molar refractivity (Wildman–Crippen MR) is 95.3 cm³/mol. The highest BCUT2D eigenvalue weighted by Gasteiger charge is 2.22. The molecule has 26 heavy (non-hydrogen) atoms. The molecule has 0 aliphatic carbocycles. The van der Waals surface area contributed by atoms with Gasteiger partial charge in [0.2, 0.25) is 11.7 Å². The van der Waals surface area contributed by atoms with Gasteiger partial charge in [0.15, 0.2) is 0 Å². The van der Waals surface area contributed by atoms with Gasteiger partial charge in [-0.25, -0.2) is 4.79 Å². The maximum absolute atomic E-state index is 10.9. The van der Waals surface area contributed by atoms with Crippen molar-refractivity contribution in [2.75, 3.05) is 0 Å². The molecule has 2 aromatic heterocycles. The van der Waals surface area contributed by atoms with Gasteiger partial charge in [-0.1, -0.05) is 31.1 Å². The van der Waals surface area contributed by atoms with Gasteiger partial charge in [-0.2, -0.15) is 4.98 Å². The fourth-order valence-electron chi connectivity index (χ4n) is 2.58. The number of rotatable bonds is 7. The number of carboxylic acid groups (broad SMARTS) is 1. The van der Waals surface area contributed by atoms with Gasteiger partial charge >= 0.3 is 5.97 Å². The maximum atomic E-state index is 10.9. The molecule has 0 amide bonds. The third-order valence-electron chi connectivity index (χ3n) is 4.04. The largest absolute Gasteiger partial charge is 0.478 e. The van der Waals surface area contributed by atoms with E-state index in [0.29, 0.717) is 18.3 Å². The summed E-state index contributed by atoms with van der Waals surface area (Å²) in [5, 5.41) is 16.4. The minimum atomic E-state index is -0.931. The molecule has 0 fully saturated rings. The molecule has 0 aliphatic heterocycles. The van der Waals surface area contributed by atoms with Crippen molar-refractivity contribution < 1.29 is 14.4 Å². The van der Waals surface area contributed by atoms with Crippen molar-refractivity contribution >= 4 is 5.97 Å². The van der Waals surface area contributed by atoms with Crippen molar-refractivity contribution in [1.29, 1.82) is 0 Å². The summed E-state index contributed by atoms with van der Waals surface area (Å²) in [6.45, 7) is 4.71. The van der Waals surface area contributed by atoms with Gasteiger partial charge in [0.05, 0.1) is 11.6 Å². The number of nitrogens with one attached hydrogen (secondary N) is 1. The third kappa shape index (κ3) is 4.12. The zero-order valence-corrected chi connectivity index (χ0v) is 14.6. The molecule has 2 N–H and O–H groups in total. The van der Waals surface area contributed by atoms with E-state index in [2.05, 4.69) is 34.3 Å². The van der Waals surface area contributed by atoms with Gasteiger partial charge in [0, 0.05) is 24.5 Å². The smallest absolute Gasteiger partial charge is 0.335 e. The SMILES string of the molecule is CC(C)C(NCc1ccc(C(=O)O)cc1)c1nc(-c2ccncc2)no1. The Balaban J connectivity index is 1.71. The number of nitrogens with zero attached hydrogens (tertiary/aromatic N) is 3. The summed E-state index contributed by atoms with van der Waals surface area (Å²) in [5.74, 6) is 0.354. The minimum Gasteiger partial charge on any atom is -0.478 e. The van der Waals surface area contributed by atoms with Crippen LogP contribution in [0.5, 0.6) is 0 Å². The first kappa shape index (κ1) is 17.8. The van der Waals surface area contributed by atoms with E-state index in [9.17, 15) is 4.79 Å². The molecule has 1 unspecified atom stereocenters. The number of hydrogen-bond donors (Lipinski definition) is 2. The lowest BCUT2D eigenvalue weighted by molar-refractivity contribution is 0.0697. The number of benzene rings is 1. The highest BCUT2D eigenvalue weighted by atomic mass is 16.5. The average molecular weight is 352 g/mol. The van der Waals surface area contributed by atoms with E-state index >= 15 is 0 Å². The van der Waals surface area contributed by atoms with Crippen LogP contribution in [0.2, 0.25) is 0 Å². The molecule has 7 heteroatoms. The van der Waals surface area contributed by atoms with Gasteiger partial charge in [-0.3, -0.25) is 4.98 Å². The minimum absolute atomic E-state index is 0.114. The summed E-state index contributed by atoms with van der Waals surface area (Å²) < 4.78 is 5.46. The van der Waals surface area contributed by atoms with Crippen LogP contribution in [0.15, 0.2) is 53.3 Å². The van der Waals surface area contributed by atoms with Crippen molar-refractivity contribution in [3.63, 3.8) is 0 Å². The summed E-state index contributed by atoms with van der Waals surface area (Å²) in [6, 6.07) is 10.3. The molecule has 1 aromatic carbocycles. The Morgan fingerprint density at radius 1 is 1.15 bits per heavy atom. The Bertz CT molecular complexity index is 860. The van der Waals surface area contributed by atoms with Crippen molar-refractivity contribution in [1.82, 2.24) is 20.4 Å². The van der Waals surface area contributed by atoms with E-state index < -0.39 is 5.97 Å². The summed E-state index contributed by atoms with van der Waals surface area (Å²) in [7, 11) is 0. The van der Waals surface area contributed by atoms with E-state index in [1.165, 1.54) is 0 Å². The van der Waals surface area contributed by atoms with Gasteiger partial charge in [0.1, 0.15) is 0 Å². The van der Waals surface area contributed by atoms with Gasteiger partial charge in [0.25, 0.3) is 0 Å². The second kappa shape index (κ2) is 7.88. The molecule has 0 bridgehead atoms. The van der Waals surface area contributed by atoms with Crippen LogP contribution >= 0.6 is 0 Å². The summed E-state index contributed by atoms with van der Waals surface area (Å²) >= 11 is 0. The van der Waals surface area contributed by atoms with E-state index in [1.54, 1.807) is 36.7 Å². The van der Waals surface area contributed by atoms with Crippen LogP contribution in [0, 0.1) is 5.92 Å². The summed E-state index contributed by atoms with van der Waals surface area (Å²) in [6.07, 6.45) is 3.37. The molecule has 3 aromatic rings. The lowest BCUT2D eigenvalue weighted by Crippen LogP contribution is -2.25. The quantitative estimate of drug-likeness (QED) is 0.672. The molecule has 0 saturated heterocycles. The van der Waals surface area contributed by atoms with Crippen LogP contribution in [0.1, 0.15) is 41.7 Å². The standard InChI is InChI=1S/C19H20N4O3/c1-12(2)16(21-11-13-3-5-15(6-4-13)19(24)25)18-22-17(23-26-18)14-7-9-20-10-8-14/h3-10,12,16,21H,11H2,1-2H3,(H,24,25). The first-order chi connectivity index (χ1) is 12.5. The van der Waals surface area contributed by atoms with Crippen molar-refractivity contribution in [2.45, 2.75) is 26.4 Å². The number of carbonyl (C=O) groups is 1. The Labute approximate surface area is 151 Å². The zero-order valence-electron chi connectivity index (χ0n) is 14.6. The fraction of sp³-hybridized carbons (Fsp3) is 0.263. The molecule has 3 rings (SSSR count). The average Bonchev–Trinajstić information content (AvgIpc) is 3.12. The van der Waals surface area contributed by atoms with Crippen LogP contribution < -0.4 is 5.32 Å². The summed E-state index contributed by atoms with van der Waals surface area (Å²) in [5.41, 5.74) is 2.10. The lowest BCUT2D eigenvalue weighted by Gasteiger charge is -2.18. The number of carboxylic acids is 1. The Kier molecular flexibility index (Phi) is 5.38. The molecule has 0 aliphatic rings. The summed E-state index contributed by atoms with van der Waals surface area (Å²) in [4.78, 5) is 19.4. The number of pyridine rings is 1. The number of hydrogen-bond acceptors (Lipinski definition) is 6. The molecule has 0 spiro atoms. The topological polar surface area (TPSA) is 101 Å². The van der Waals surface area contributed by atoms with Gasteiger partial charge in [-0.15, -0.1) is 0 Å². The first-order valence-corrected chi connectivity index (χ1v) is 8.34. The molecule has 0 saturated carbocycles. The van der Waals surface area contributed by atoms with Crippen LogP contribution in [-0.2, 0) is 6.54 Å². The molecular formula is C19H20N4O3. The lowest BCUT2D eigenvalue weighted by atomic mass is 10.0. The Morgan fingerprint density at radius 3 is 2.46 bits per heavy atom. The fourth-order valence-corrected chi connectivity index (χ4v) is 2.58. The van der Waals surface area contributed by atoms with Crippen LogP contribution in [0.25, 0.3) is 11.4 Å². The van der Waals surface area contributed by atoms with E-state index in [4.69, 9.17) is 9.63 Å². The third-order valence-corrected chi connectivity index (χ3v) is 4.04. The van der Waals surface area contributed by atoms with E-state index in [0.717, 1.165) is 11.1 Å². The first-order valence-electron chi connectivity index (χ1n) is 8.34. The number of aromatic carboxylic acids is 1. The molecule has 134 valence electrons. The molecular weight excluding hydrogens is 332 g/mol. The second-order valence-corrected chi connectivity index (χ2v) is 6.30. The van der Waals surface area contributed by atoms with Crippen LogP contribution in [0.4, 0.5) is 0 Å². The van der Waals surface area contributed by atoms with Crippen LogP contribution in [0.3, 0.4) is 0 Å². The number of aromatic nitrogens is 3. The van der Waals surface area contributed by atoms with Crippen molar-refractivity contribution in [3.05, 3.63) is 65.8 Å².